The Balaban J connectivity index is 2.13. The first-order valence-electron chi connectivity index (χ1n) is 7.71. The lowest BCUT2D eigenvalue weighted by Gasteiger charge is -2.29. The van der Waals surface area contributed by atoms with Crippen LogP contribution in [0.5, 0.6) is 0 Å². The molecule has 0 heterocycles. The van der Waals surface area contributed by atoms with E-state index in [-0.39, 0.29) is 5.60 Å². The fourth-order valence-electron chi connectivity index (χ4n) is 3.25. The van der Waals surface area contributed by atoms with Gasteiger partial charge in [-0.3, -0.25) is 0 Å². The van der Waals surface area contributed by atoms with Crippen LogP contribution in [0.25, 0.3) is 0 Å². The largest absolute Gasteiger partial charge is 0.379 e. The highest BCUT2D eigenvalue weighted by Crippen LogP contribution is 2.30. The van der Waals surface area contributed by atoms with Crippen LogP contribution >= 0.6 is 0 Å². The summed E-state index contributed by atoms with van der Waals surface area (Å²) in [5.41, 5.74) is -0.00817. The highest BCUT2D eigenvalue weighted by atomic mass is 16.5. The zero-order valence-corrected chi connectivity index (χ0v) is 13.1. The first-order valence-corrected chi connectivity index (χ1v) is 7.71. The van der Waals surface area contributed by atoms with E-state index in [1.165, 1.54) is 38.6 Å². The number of hydrogen-bond acceptors (Lipinski definition) is 2. The van der Waals surface area contributed by atoms with E-state index in [0.717, 1.165) is 18.3 Å². The van der Waals surface area contributed by atoms with E-state index in [0.29, 0.717) is 6.04 Å². The Morgan fingerprint density at radius 1 is 1.33 bits per heavy atom. The first-order chi connectivity index (χ1) is 8.43. The summed E-state index contributed by atoms with van der Waals surface area (Å²) < 4.78 is 5.48. The van der Waals surface area contributed by atoms with Gasteiger partial charge in [-0.05, 0) is 58.4 Å². The van der Waals surface area contributed by atoms with E-state index < -0.39 is 0 Å². The molecule has 2 heteroatoms. The summed E-state index contributed by atoms with van der Waals surface area (Å²) in [5.74, 6) is 1.91. The summed E-state index contributed by atoms with van der Waals surface area (Å²) in [7, 11) is 1.80. The molecule has 108 valence electrons. The fourth-order valence-corrected chi connectivity index (χ4v) is 3.25. The van der Waals surface area contributed by atoms with Crippen molar-refractivity contribution in [1.82, 2.24) is 5.32 Å². The van der Waals surface area contributed by atoms with Crippen LogP contribution in [0.3, 0.4) is 0 Å². The highest BCUT2D eigenvalue weighted by molar-refractivity contribution is 4.76. The third kappa shape index (κ3) is 6.19. The second-order valence-corrected chi connectivity index (χ2v) is 6.95. The monoisotopic (exact) mass is 255 g/mol. The number of ether oxygens (including phenoxy) is 1. The smallest absolute Gasteiger partial charge is 0.0637 e. The Hall–Kier alpha value is -0.0800. The van der Waals surface area contributed by atoms with Gasteiger partial charge in [-0.1, -0.05) is 26.2 Å². The summed E-state index contributed by atoms with van der Waals surface area (Å²) in [6.45, 7) is 10.2. The molecular weight excluding hydrogens is 222 g/mol. The van der Waals surface area contributed by atoms with Gasteiger partial charge < -0.3 is 10.1 Å². The maximum absolute atomic E-state index is 5.48. The quantitative estimate of drug-likeness (QED) is 0.742. The van der Waals surface area contributed by atoms with E-state index >= 15 is 0 Å². The van der Waals surface area contributed by atoms with Gasteiger partial charge in [-0.25, -0.2) is 0 Å². The summed E-state index contributed by atoms with van der Waals surface area (Å²) >= 11 is 0. The molecule has 0 aromatic heterocycles. The van der Waals surface area contributed by atoms with E-state index in [4.69, 9.17) is 4.74 Å². The Bertz CT molecular complexity index is 227. The van der Waals surface area contributed by atoms with Crippen molar-refractivity contribution in [3.8, 4) is 0 Å². The maximum Gasteiger partial charge on any atom is 0.0637 e. The van der Waals surface area contributed by atoms with Gasteiger partial charge in [-0.2, -0.15) is 0 Å². The molecule has 0 spiro atoms. The Morgan fingerprint density at radius 2 is 2.06 bits per heavy atom. The Labute approximate surface area is 114 Å². The molecule has 1 aliphatic carbocycles. The number of methoxy groups -OCH3 is 1. The number of rotatable bonds is 7. The van der Waals surface area contributed by atoms with Crippen molar-refractivity contribution in [1.29, 1.82) is 0 Å². The third-order valence-electron chi connectivity index (χ3n) is 4.44. The van der Waals surface area contributed by atoms with Gasteiger partial charge in [0.25, 0.3) is 0 Å². The minimum absolute atomic E-state index is 0.00817. The van der Waals surface area contributed by atoms with Gasteiger partial charge >= 0.3 is 0 Å². The van der Waals surface area contributed by atoms with Gasteiger partial charge in [0.1, 0.15) is 0 Å². The molecule has 1 N–H and O–H groups in total. The van der Waals surface area contributed by atoms with E-state index in [2.05, 4.69) is 33.0 Å². The van der Waals surface area contributed by atoms with E-state index in [9.17, 15) is 0 Å². The molecule has 0 radical (unpaired) electrons. The molecule has 0 aromatic carbocycles. The zero-order chi connectivity index (χ0) is 13.6. The molecule has 0 aliphatic heterocycles. The molecule has 0 bridgehead atoms. The molecule has 2 nitrogen and oxygen atoms in total. The molecule has 0 aromatic rings. The molecule has 18 heavy (non-hydrogen) atoms. The van der Waals surface area contributed by atoms with Gasteiger partial charge in [0.05, 0.1) is 5.60 Å². The number of hydrogen-bond donors (Lipinski definition) is 1. The minimum Gasteiger partial charge on any atom is -0.379 e. The van der Waals surface area contributed by atoms with Crippen LogP contribution in [0.2, 0.25) is 0 Å². The van der Waals surface area contributed by atoms with Crippen molar-refractivity contribution >= 4 is 0 Å². The molecule has 1 fully saturated rings. The number of nitrogens with one attached hydrogen (secondary N) is 1. The van der Waals surface area contributed by atoms with E-state index in [1.807, 2.05) is 0 Å². The first kappa shape index (κ1) is 16.0. The normalized spacial score (nSPS) is 27.2. The average molecular weight is 255 g/mol. The van der Waals surface area contributed by atoms with Crippen LogP contribution < -0.4 is 5.32 Å². The second kappa shape index (κ2) is 7.49. The molecule has 0 saturated heterocycles. The minimum atomic E-state index is -0.00817. The molecule has 1 rings (SSSR count). The summed E-state index contributed by atoms with van der Waals surface area (Å²) in [6, 6.07) is 0.543. The van der Waals surface area contributed by atoms with Crippen LogP contribution in [-0.2, 0) is 4.74 Å². The van der Waals surface area contributed by atoms with Crippen molar-refractivity contribution in [3.05, 3.63) is 0 Å². The average Bonchev–Trinajstić information content (AvgIpc) is 2.28. The van der Waals surface area contributed by atoms with Crippen molar-refractivity contribution in [3.63, 3.8) is 0 Å². The molecule has 3 atom stereocenters. The maximum atomic E-state index is 5.48. The van der Waals surface area contributed by atoms with Crippen LogP contribution in [0.4, 0.5) is 0 Å². The third-order valence-corrected chi connectivity index (χ3v) is 4.44. The fraction of sp³-hybridized carbons (Fsp3) is 1.00. The van der Waals surface area contributed by atoms with Gasteiger partial charge in [0, 0.05) is 13.2 Å². The lowest BCUT2D eigenvalue weighted by molar-refractivity contribution is 0.00848. The predicted octanol–water partition coefficient (Wildman–Crippen LogP) is 4.00. The van der Waals surface area contributed by atoms with E-state index in [1.54, 1.807) is 7.11 Å². The van der Waals surface area contributed by atoms with Crippen LogP contribution in [-0.4, -0.2) is 25.3 Å². The summed E-state index contributed by atoms with van der Waals surface area (Å²) in [4.78, 5) is 0. The SMILES string of the molecule is COC(C)(C)CC(C)NCCC1CCCC(C)C1. The van der Waals surface area contributed by atoms with Crippen molar-refractivity contribution < 1.29 is 4.74 Å². The molecule has 1 saturated carbocycles. The van der Waals surface area contributed by atoms with Crippen molar-refractivity contribution in [2.45, 2.75) is 77.9 Å². The second-order valence-electron chi connectivity index (χ2n) is 6.95. The van der Waals surface area contributed by atoms with Gasteiger partial charge in [-0.15, -0.1) is 0 Å². The molecule has 0 amide bonds. The van der Waals surface area contributed by atoms with Gasteiger partial charge in [0.15, 0.2) is 0 Å². The van der Waals surface area contributed by atoms with Crippen molar-refractivity contribution in [2.24, 2.45) is 11.8 Å². The van der Waals surface area contributed by atoms with Crippen LogP contribution in [0, 0.1) is 11.8 Å². The molecular formula is C16H33NO. The molecule has 1 aliphatic rings. The summed E-state index contributed by atoms with van der Waals surface area (Å²) in [6.07, 6.45) is 8.21. The Kier molecular flexibility index (Phi) is 6.65. The van der Waals surface area contributed by atoms with Crippen LogP contribution in [0.1, 0.15) is 66.2 Å². The summed E-state index contributed by atoms with van der Waals surface area (Å²) in [5, 5.41) is 3.66. The molecule has 3 unspecified atom stereocenters. The topological polar surface area (TPSA) is 21.3 Å². The lowest BCUT2D eigenvalue weighted by Crippen LogP contribution is -2.36. The Morgan fingerprint density at radius 3 is 2.67 bits per heavy atom. The predicted molar refractivity (Wildman–Crippen MR) is 78.9 cm³/mol. The van der Waals surface area contributed by atoms with Gasteiger partial charge in [0.2, 0.25) is 0 Å². The zero-order valence-electron chi connectivity index (χ0n) is 13.1. The highest BCUT2D eigenvalue weighted by Gasteiger charge is 2.21. The van der Waals surface area contributed by atoms with Crippen LogP contribution in [0.15, 0.2) is 0 Å². The van der Waals surface area contributed by atoms with Crippen molar-refractivity contribution in [2.75, 3.05) is 13.7 Å². The standard InChI is InChI=1S/C16H33NO/c1-13-7-6-8-15(11-13)9-10-17-14(2)12-16(3,4)18-5/h13-15,17H,6-12H2,1-5H3. The lowest BCUT2D eigenvalue weighted by atomic mass is 9.81.